The Morgan fingerprint density at radius 2 is 1.03 bits per heavy atom. The molecular formula is C27H32Cl2N2. The molecule has 0 atom stereocenters. The lowest BCUT2D eigenvalue weighted by Gasteiger charge is -2.25. The molecule has 3 aromatic rings. The molecule has 0 saturated heterocycles. The van der Waals surface area contributed by atoms with Crippen molar-refractivity contribution in [2.75, 3.05) is 36.0 Å². The first-order chi connectivity index (χ1) is 15.0. The molecule has 0 aliphatic heterocycles. The molecular weight excluding hydrogens is 423 g/mol. The summed E-state index contributed by atoms with van der Waals surface area (Å²) in [6.45, 7) is 12.7. The van der Waals surface area contributed by atoms with Gasteiger partial charge in [0.2, 0.25) is 0 Å². The largest absolute Gasteiger partial charge is 0.372 e. The SMILES string of the molecule is CCN(CC)c1ccc(C(c2ccc(N(CC)CC)cc2)c2ccc(Cl)cc2Cl)cc1. The highest BCUT2D eigenvalue weighted by Gasteiger charge is 2.20. The van der Waals surface area contributed by atoms with Gasteiger partial charge < -0.3 is 9.80 Å². The summed E-state index contributed by atoms with van der Waals surface area (Å²) in [7, 11) is 0. The molecule has 0 unspecified atom stereocenters. The highest BCUT2D eigenvalue weighted by atomic mass is 35.5. The van der Waals surface area contributed by atoms with Gasteiger partial charge in [-0.1, -0.05) is 53.5 Å². The lowest BCUT2D eigenvalue weighted by atomic mass is 9.85. The molecule has 4 heteroatoms. The van der Waals surface area contributed by atoms with E-state index in [-0.39, 0.29) is 5.92 Å². The van der Waals surface area contributed by atoms with E-state index >= 15 is 0 Å². The maximum atomic E-state index is 6.68. The summed E-state index contributed by atoms with van der Waals surface area (Å²) < 4.78 is 0. The number of halogens is 2. The average molecular weight is 455 g/mol. The molecule has 0 fully saturated rings. The van der Waals surface area contributed by atoms with Gasteiger partial charge in [0.05, 0.1) is 0 Å². The van der Waals surface area contributed by atoms with E-state index in [4.69, 9.17) is 23.2 Å². The second-order valence-corrected chi connectivity index (χ2v) is 8.47. The minimum Gasteiger partial charge on any atom is -0.372 e. The predicted octanol–water partition coefficient (Wildman–Crippen LogP) is 7.87. The van der Waals surface area contributed by atoms with Gasteiger partial charge in [0.25, 0.3) is 0 Å². The summed E-state index contributed by atoms with van der Waals surface area (Å²) in [6.07, 6.45) is 0. The van der Waals surface area contributed by atoms with Gasteiger partial charge in [0.1, 0.15) is 0 Å². The van der Waals surface area contributed by atoms with E-state index in [1.807, 2.05) is 18.2 Å². The van der Waals surface area contributed by atoms with Crippen LogP contribution in [0.5, 0.6) is 0 Å². The first kappa shape index (κ1) is 23.5. The molecule has 0 amide bonds. The zero-order valence-electron chi connectivity index (χ0n) is 18.9. The molecule has 0 aliphatic rings. The van der Waals surface area contributed by atoms with E-state index in [0.717, 1.165) is 31.7 Å². The number of rotatable bonds is 9. The summed E-state index contributed by atoms with van der Waals surface area (Å²) in [5, 5.41) is 1.35. The number of anilines is 2. The Morgan fingerprint density at radius 3 is 1.39 bits per heavy atom. The van der Waals surface area contributed by atoms with Gasteiger partial charge in [-0.3, -0.25) is 0 Å². The van der Waals surface area contributed by atoms with Crippen molar-refractivity contribution in [3.8, 4) is 0 Å². The zero-order chi connectivity index (χ0) is 22.4. The minimum atomic E-state index is 0.0428. The Hall–Kier alpha value is -2.16. The molecule has 3 rings (SSSR count). The summed E-state index contributed by atoms with van der Waals surface area (Å²) in [4.78, 5) is 4.71. The molecule has 0 radical (unpaired) electrons. The van der Waals surface area contributed by atoms with Crippen LogP contribution < -0.4 is 9.80 Å². The third-order valence-electron chi connectivity index (χ3n) is 5.98. The van der Waals surface area contributed by atoms with E-state index < -0.39 is 0 Å². The van der Waals surface area contributed by atoms with Crippen molar-refractivity contribution >= 4 is 34.6 Å². The van der Waals surface area contributed by atoms with E-state index in [2.05, 4.69) is 86.0 Å². The van der Waals surface area contributed by atoms with Crippen molar-refractivity contribution in [1.82, 2.24) is 0 Å². The number of hydrogen-bond acceptors (Lipinski definition) is 2. The van der Waals surface area contributed by atoms with Crippen molar-refractivity contribution < 1.29 is 0 Å². The summed E-state index contributed by atoms with van der Waals surface area (Å²) in [5.41, 5.74) is 5.99. The maximum absolute atomic E-state index is 6.68. The zero-order valence-corrected chi connectivity index (χ0v) is 20.4. The van der Waals surface area contributed by atoms with Crippen molar-refractivity contribution in [3.05, 3.63) is 93.5 Å². The predicted molar refractivity (Wildman–Crippen MR) is 137 cm³/mol. The Bertz CT molecular complexity index is 904. The molecule has 2 nitrogen and oxygen atoms in total. The molecule has 0 bridgehead atoms. The lowest BCUT2D eigenvalue weighted by molar-refractivity contribution is 0.862. The van der Waals surface area contributed by atoms with Crippen LogP contribution in [0.2, 0.25) is 10.0 Å². The van der Waals surface area contributed by atoms with Crippen LogP contribution in [0.25, 0.3) is 0 Å². The molecule has 164 valence electrons. The Kier molecular flexibility index (Phi) is 8.28. The monoisotopic (exact) mass is 454 g/mol. The first-order valence-corrected chi connectivity index (χ1v) is 11.9. The second kappa shape index (κ2) is 10.9. The highest BCUT2D eigenvalue weighted by molar-refractivity contribution is 6.35. The maximum Gasteiger partial charge on any atom is 0.0462 e. The van der Waals surface area contributed by atoms with Crippen molar-refractivity contribution in [2.45, 2.75) is 33.6 Å². The standard InChI is InChI=1S/C27H32Cl2N2/c1-5-30(6-2)23-14-9-20(10-15-23)27(25-18-13-22(28)19-26(25)29)21-11-16-24(17-12-21)31(7-3)8-4/h9-19,27H,5-8H2,1-4H3. The van der Waals surface area contributed by atoms with Crippen molar-refractivity contribution in [1.29, 1.82) is 0 Å². The molecule has 0 saturated carbocycles. The van der Waals surface area contributed by atoms with Gasteiger partial charge >= 0.3 is 0 Å². The molecule has 0 heterocycles. The Morgan fingerprint density at radius 1 is 0.613 bits per heavy atom. The summed E-state index contributed by atoms with van der Waals surface area (Å²) in [6, 6.07) is 23.5. The fourth-order valence-corrected chi connectivity index (χ4v) is 4.74. The highest BCUT2D eigenvalue weighted by Crippen LogP contribution is 2.38. The van der Waals surface area contributed by atoms with Crippen LogP contribution in [0.1, 0.15) is 50.3 Å². The topological polar surface area (TPSA) is 6.48 Å². The molecule has 0 aliphatic carbocycles. The number of benzene rings is 3. The van der Waals surface area contributed by atoms with Gasteiger partial charge in [-0.05, 0) is 80.8 Å². The van der Waals surface area contributed by atoms with Gasteiger partial charge in [-0.15, -0.1) is 0 Å². The van der Waals surface area contributed by atoms with Crippen LogP contribution >= 0.6 is 23.2 Å². The van der Waals surface area contributed by atoms with Crippen LogP contribution in [-0.2, 0) is 0 Å². The molecule has 0 spiro atoms. The fourth-order valence-electron chi connectivity index (χ4n) is 4.22. The lowest BCUT2D eigenvalue weighted by Crippen LogP contribution is -2.22. The quantitative estimate of drug-likeness (QED) is 0.303. The van der Waals surface area contributed by atoms with Crippen molar-refractivity contribution in [2.24, 2.45) is 0 Å². The van der Waals surface area contributed by atoms with Crippen LogP contribution in [0.15, 0.2) is 66.7 Å². The first-order valence-electron chi connectivity index (χ1n) is 11.2. The molecule has 3 aromatic carbocycles. The smallest absolute Gasteiger partial charge is 0.0462 e. The summed E-state index contributed by atoms with van der Waals surface area (Å²) in [5.74, 6) is 0.0428. The van der Waals surface area contributed by atoms with E-state index in [9.17, 15) is 0 Å². The van der Waals surface area contributed by atoms with E-state index in [1.165, 1.54) is 22.5 Å². The fraction of sp³-hybridized carbons (Fsp3) is 0.333. The average Bonchev–Trinajstić information content (AvgIpc) is 2.79. The van der Waals surface area contributed by atoms with E-state index in [0.29, 0.717) is 10.0 Å². The van der Waals surface area contributed by atoms with Gasteiger partial charge in [-0.2, -0.15) is 0 Å². The van der Waals surface area contributed by atoms with Crippen LogP contribution in [-0.4, -0.2) is 26.2 Å². The van der Waals surface area contributed by atoms with Crippen LogP contribution in [0.4, 0.5) is 11.4 Å². The molecule has 0 N–H and O–H groups in total. The second-order valence-electron chi connectivity index (χ2n) is 7.63. The third-order valence-corrected chi connectivity index (χ3v) is 6.55. The van der Waals surface area contributed by atoms with Gasteiger partial charge in [0, 0.05) is 53.5 Å². The number of hydrogen-bond donors (Lipinski definition) is 0. The third kappa shape index (κ3) is 5.37. The van der Waals surface area contributed by atoms with Gasteiger partial charge in [-0.25, -0.2) is 0 Å². The van der Waals surface area contributed by atoms with E-state index in [1.54, 1.807) is 0 Å². The Balaban J connectivity index is 2.05. The van der Waals surface area contributed by atoms with Crippen molar-refractivity contribution in [3.63, 3.8) is 0 Å². The van der Waals surface area contributed by atoms with Gasteiger partial charge in [0.15, 0.2) is 0 Å². The molecule has 0 aromatic heterocycles. The van der Waals surface area contributed by atoms with Crippen LogP contribution in [0, 0.1) is 0 Å². The van der Waals surface area contributed by atoms with Crippen LogP contribution in [0.3, 0.4) is 0 Å². The normalized spacial score (nSPS) is 11.1. The number of nitrogens with zero attached hydrogens (tertiary/aromatic N) is 2. The molecule has 31 heavy (non-hydrogen) atoms. The minimum absolute atomic E-state index is 0.0428. The summed E-state index contributed by atoms with van der Waals surface area (Å²) >= 11 is 12.9. The Labute approximate surface area is 197 Å².